The molecule has 0 bridgehead atoms. The van der Waals surface area contributed by atoms with E-state index in [1.165, 1.54) is 12.1 Å². The van der Waals surface area contributed by atoms with Gasteiger partial charge in [-0.2, -0.15) is 0 Å². The van der Waals surface area contributed by atoms with E-state index in [2.05, 4.69) is 0 Å². The zero-order chi connectivity index (χ0) is 13.1. The van der Waals surface area contributed by atoms with Crippen LogP contribution in [0.1, 0.15) is 25.8 Å². The smallest absolute Gasteiger partial charge is 0.123 e. The maximum atomic E-state index is 13.2. The average Bonchev–Trinajstić information content (AvgIpc) is 2.27. The van der Waals surface area contributed by atoms with E-state index in [0.717, 1.165) is 6.54 Å². The molecule has 0 saturated heterocycles. The highest BCUT2D eigenvalue weighted by molar-refractivity contribution is 5.24. The Morgan fingerprint density at radius 2 is 2.06 bits per heavy atom. The highest BCUT2D eigenvalue weighted by Crippen LogP contribution is 2.33. The molecule has 0 aromatic heterocycles. The van der Waals surface area contributed by atoms with Gasteiger partial charge < -0.3 is 10.0 Å². The van der Waals surface area contributed by atoms with Crippen LogP contribution >= 0.6 is 0 Å². The van der Waals surface area contributed by atoms with Gasteiger partial charge in [0.25, 0.3) is 0 Å². The number of nitrogens with zero attached hydrogens (tertiary/aromatic N) is 1. The summed E-state index contributed by atoms with van der Waals surface area (Å²) in [6.07, 6.45) is 0.575. The number of hydrogen-bond acceptors (Lipinski definition) is 2. The number of rotatable bonds is 5. The molecule has 1 unspecified atom stereocenters. The SMILES string of the molecule is CC[C@](O)(c1cccc(F)c1)C(C)CN(C)C. The Bertz CT molecular complexity index is 367. The van der Waals surface area contributed by atoms with Gasteiger partial charge in [-0.25, -0.2) is 4.39 Å². The van der Waals surface area contributed by atoms with Crippen molar-refractivity contribution in [3.63, 3.8) is 0 Å². The van der Waals surface area contributed by atoms with Crippen LogP contribution in [0, 0.1) is 11.7 Å². The Labute approximate surface area is 103 Å². The molecule has 96 valence electrons. The maximum absolute atomic E-state index is 13.2. The highest BCUT2D eigenvalue weighted by Gasteiger charge is 2.34. The van der Waals surface area contributed by atoms with E-state index in [-0.39, 0.29) is 11.7 Å². The molecule has 0 aliphatic carbocycles. The first-order chi connectivity index (χ1) is 7.90. The monoisotopic (exact) mass is 239 g/mol. The van der Waals surface area contributed by atoms with Crippen molar-refractivity contribution in [1.82, 2.24) is 4.90 Å². The topological polar surface area (TPSA) is 23.5 Å². The van der Waals surface area contributed by atoms with Gasteiger partial charge in [0.1, 0.15) is 5.82 Å². The number of halogens is 1. The number of benzene rings is 1. The van der Waals surface area contributed by atoms with Crippen molar-refractivity contribution < 1.29 is 9.50 Å². The van der Waals surface area contributed by atoms with Crippen LogP contribution in [-0.2, 0) is 5.60 Å². The van der Waals surface area contributed by atoms with Crippen LogP contribution in [0.25, 0.3) is 0 Å². The molecule has 2 atom stereocenters. The quantitative estimate of drug-likeness (QED) is 0.854. The van der Waals surface area contributed by atoms with Gasteiger partial charge >= 0.3 is 0 Å². The van der Waals surface area contributed by atoms with Gasteiger partial charge in [0.2, 0.25) is 0 Å². The highest BCUT2D eigenvalue weighted by atomic mass is 19.1. The molecule has 3 heteroatoms. The fourth-order valence-corrected chi connectivity index (χ4v) is 2.29. The molecule has 1 rings (SSSR count). The third kappa shape index (κ3) is 3.27. The van der Waals surface area contributed by atoms with Crippen molar-refractivity contribution in [3.05, 3.63) is 35.6 Å². The van der Waals surface area contributed by atoms with E-state index in [4.69, 9.17) is 0 Å². The molecule has 0 aliphatic heterocycles. The van der Waals surface area contributed by atoms with Crippen molar-refractivity contribution >= 4 is 0 Å². The molecule has 0 amide bonds. The van der Waals surface area contributed by atoms with Crippen LogP contribution in [0.5, 0.6) is 0 Å². The van der Waals surface area contributed by atoms with Crippen LogP contribution in [0.4, 0.5) is 4.39 Å². The first-order valence-electron chi connectivity index (χ1n) is 6.03. The summed E-state index contributed by atoms with van der Waals surface area (Å²) in [5.74, 6) is -0.254. The van der Waals surface area contributed by atoms with E-state index < -0.39 is 5.60 Å². The van der Waals surface area contributed by atoms with Crippen molar-refractivity contribution in [2.75, 3.05) is 20.6 Å². The van der Waals surface area contributed by atoms with Crippen LogP contribution in [-0.4, -0.2) is 30.6 Å². The molecule has 0 saturated carbocycles. The first kappa shape index (κ1) is 14.1. The summed E-state index contributed by atoms with van der Waals surface area (Å²) in [6, 6.07) is 6.26. The van der Waals surface area contributed by atoms with Crippen LogP contribution in [0.2, 0.25) is 0 Å². The fraction of sp³-hybridized carbons (Fsp3) is 0.571. The summed E-state index contributed by atoms with van der Waals surface area (Å²) in [7, 11) is 3.94. The second-order valence-electron chi connectivity index (χ2n) is 4.95. The zero-order valence-corrected chi connectivity index (χ0v) is 11.1. The Morgan fingerprint density at radius 3 is 2.53 bits per heavy atom. The van der Waals surface area contributed by atoms with E-state index >= 15 is 0 Å². The molecule has 0 heterocycles. The van der Waals surface area contributed by atoms with Gasteiger partial charge in [-0.3, -0.25) is 0 Å². The van der Waals surface area contributed by atoms with E-state index in [1.54, 1.807) is 12.1 Å². The van der Waals surface area contributed by atoms with Crippen LogP contribution < -0.4 is 0 Å². The van der Waals surface area contributed by atoms with Crippen molar-refractivity contribution in [3.8, 4) is 0 Å². The largest absolute Gasteiger partial charge is 0.385 e. The van der Waals surface area contributed by atoms with Gasteiger partial charge in [-0.15, -0.1) is 0 Å². The Hall–Kier alpha value is -0.930. The Morgan fingerprint density at radius 1 is 1.41 bits per heavy atom. The molecule has 17 heavy (non-hydrogen) atoms. The normalized spacial score (nSPS) is 16.9. The summed E-state index contributed by atoms with van der Waals surface area (Å²) in [6.45, 7) is 4.69. The molecule has 2 nitrogen and oxygen atoms in total. The average molecular weight is 239 g/mol. The van der Waals surface area contributed by atoms with Crippen LogP contribution in [0.3, 0.4) is 0 Å². The molecule has 0 aliphatic rings. The minimum Gasteiger partial charge on any atom is -0.385 e. The summed E-state index contributed by atoms with van der Waals surface area (Å²) in [5.41, 5.74) is -0.304. The molecule has 0 spiro atoms. The lowest BCUT2D eigenvalue weighted by Crippen LogP contribution is -2.38. The molecule has 1 aromatic carbocycles. The van der Waals surface area contributed by atoms with E-state index in [1.807, 2.05) is 32.8 Å². The Kier molecular flexibility index (Phi) is 4.66. The zero-order valence-electron chi connectivity index (χ0n) is 11.1. The lowest BCUT2D eigenvalue weighted by Gasteiger charge is -2.35. The van der Waals surface area contributed by atoms with Gasteiger partial charge in [0, 0.05) is 12.5 Å². The summed E-state index contributed by atoms with van der Waals surface area (Å²) in [5, 5.41) is 10.7. The number of hydrogen-bond donors (Lipinski definition) is 1. The van der Waals surface area contributed by atoms with Crippen molar-refractivity contribution in [2.45, 2.75) is 25.9 Å². The van der Waals surface area contributed by atoms with Crippen molar-refractivity contribution in [1.29, 1.82) is 0 Å². The minimum absolute atomic E-state index is 0.0456. The maximum Gasteiger partial charge on any atom is 0.123 e. The minimum atomic E-state index is -0.966. The predicted molar refractivity (Wildman–Crippen MR) is 68.3 cm³/mol. The fourth-order valence-electron chi connectivity index (χ4n) is 2.29. The standard InChI is InChI=1S/C14H22FNO/c1-5-14(17,11(2)10-16(3)4)12-7-6-8-13(15)9-12/h6-9,11,17H,5,10H2,1-4H3/t11?,14-/m1/s1. The number of aliphatic hydroxyl groups is 1. The summed E-state index contributed by atoms with van der Waals surface area (Å²) >= 11 is 0. The van der Waals surface area contributed by atoms with E-state index in [0.29, 0.717) is 12.0 Å². The molecule has 1 aromatic rings. The van der Waals surface area contributed by atoms with Gasteiger partial charge in [0.15, 0.2) is 0 Å². The van der Waals surface area contributed by atoms with Gasteiger partial charge in [-0.1, -0.05) is 26.0 Å². The lowest BCUT2D eigenvalue weighted by atomic mass is 9.80. The second-order valence-corrected chi connectivity index (χ2v) is 4.95. The summed E-state index contributed by atoms with van der Waals surface area (Å²) in [4.78, 5) is 2.03. The third-order valence-electron chi connectivity index (χ3n) is 3.32. The summed E-state index contributed by atoms with van der Waals surface area (Å²) < 4.78 is 13.2. The first-order valence-corrected chi connectivity index (χ1v) is 6.03. The lowest BCUT2D eigenvalue weighted by molar-refractivity contribution is -0.0294. The second kappa shape index (κ2) is 5.61. The third-order valence-corrected chi connectivity index (χ3v) is 3.32. The Balaban J connectivity index is 3.02. The van der Waals surface area contributed by atoms with Gasteiger partial charge in [0.05, 0.1) is 5.60 Å². The molecule has 0 fully saturated rings. The van der Waals surface area contributed by atoms with Crippen LogP contribution in [0.15, 0.2) is 24.3 Å². The van der Waals surface area contributed by atoms with Crippen molar-refractivity contribution in [2.24, 2.45) is 5.92 Å². The predicted octanol–water partition coefficient (Wildman–Crippen LogP) is 2.62. The van der Waals surface area contributed by atoms with Gasteiger partial charge in [-0.05, 0) is 38.2 Å². The van der Waals surface area contributed by atoms with E-state index in [9.17, 15) is 9.50 Å². The molecule has 0 radical (unpaired) electrons. The molecule has 1 N–H and O–H groups in total. The molecular weight excluding hydrogens is 217 g/mol. The molecular formula is C14H22FNO.